The van der Waals surface area contributed by atoms with E-state index in [1.165, 1.54) is 15.0 Å². The van der Waals surface area contributed by atoms with E-state index in [4.69, 9.17) is 0 Å². The lowest BCUT2D eigenvalue weighted by Gasteiger charge is -2.16. The monoisotopic (exact) mass is 312 g/mol. The highest BCUT2D eigenvalue weighted by Gasteiger charge is 2.10. The van der Waals surface area contributed by atoms with Crippen LogP contribution in [-0.4, -0.2) is 11.1 Å². The van der Waals surface area contributed by atoms with Crippen LogP contribution >= 0.6 is 27.3 Å². The molecule has 1 atom stereocenters. The number of nitrogens with one attached hydrogen (secondary N) is 1. The van der Waals surface area contributed by atoms with Crippen LogP contribution in [0.2, 0.25) is 0 Å². The number of nitrogens with zero attached hydrogens (tertiary/aromatic N) is 1. The van der Waals surface area contributed by atoms with Crippen molar-refractivity contribution in [3.05, 3.63) is 44.8 Å². The Hall–Kier alpha value is -0.580. The summed E-state index contributed by atoms with van der Waals surface area (Å²) in [6.07, 6.45) is 2.15. The molecule has 2 rings (SSSR count). The molecule has 0 fully saturated rings. The van der Waals surface area contributed by atoms with Crippen LogP contribution in [0, 0.1) is 0 Å². The van der Waals surface area contributed by atoms with E-state index in [0.29, 0.717) is 6.04 Å². The second kappa shape index (κ2) is 5.85. The maximum absolute atomic E-state index is 3.59. The van der Waals surface area contributed by atoms with E-state index in [2.05, 4.69) is 69.4 Å². The SMILES string of the molecule is CCNC(C)c1cccn1Cc1sccc1Br. The standard InChI is InChI=1S/C13H17BrN2S/c1-3-15-10(2)12-5-4-7-16(12)9-13-11(14)6-8-17-13/h4-8,10,15H,3,9H2,1-2H3. The fourth-order valence-electron chi connectivity index (χ4n) is 1.97. The van der Waals surface area contributed by atoms with Crippen molar-refractivity contribution in [2.24, 2.45) is 0 Å². The van der Waals surface area contributed by atoms with Gasteiger partial charge >= 0.3 is 0 Å². The molecule has 0 aliphatic carbocycles. The Morgan fingerprint density at radius 3 is 2.94 bits per heavy atom. The Morgan fingerprint density at radius 2 is 2.29 bits per heavy atom. The molecule has 0 saturated heterocycles. The van der Waals surface area contributed by atoms with Gasteiger partial charge in [-0.25, -0.2) is 0 Å². The van der Waals surface area contributed by atoms with Gasteiger partial charge in [-0.05, 0) is 53.0 Å². The molecule has 2 heterocycles. The number of thiophene rings is 1. The first-order chi connectivity index (χ1) is 8.22. The smallest absolute Gasteiger partial charge is 0.0578 e. The number of hydrogen-bond donors (Lipinski definition) is 1. The molecule has 2 nitrogen and oxygen atoms in total. The summed E-state index contributed by atoms with van der Waals surface area (Å²) < 4.78 is 3.52. The molecular formula is C13H17BrN2S. The van der Waals surface area contributed by atoms with E-state index >= 15 is 0 Å². The zero-order valence-corrected chi connectivity index (χ0v) is 12.5. The molecule has 4 heteroatoms. The Morgan fingerprint density at radius 1 is 1.47 bits per heavy atom. The van der Waals surface area contributed by atoms with Gasteiger partial charge in [-0.15, -0.1) is 11.3 Å². The lowest BCUT2D eigenvalue weighted by atomic mass is 10.2. The van der Waals surface area contributed by atoms with Crippen molar-refractivity contribution >= 4 is 27.3 Å². The second-order valence-corrected chi connectivity index (χ2v) is 5.89. The zero-order valence-electron chi connectivity index (χ0n) is 10.1. The first-order valence-corrected chi connectivity index (χ1v) is 7.50. The summed E-state index contributed by atoms with van der Waals surface area (Å²) in [7, 11) is 0. The van der Waals surface area contributed by atoms with Crippen molar-refractivity contribution in [1.29, 1.82) is 0 Å². The highest BCUT2D eigenvalue weighted by molar-refractivity contribution is 9.10. The van der Waals surface area contributed by atoms with Crippen molar-refractivity contribution in [3.63, 3.8) is 0 Å². The molecule has 0 bridgehead atoms. The van der Waals surface area contributed by atoms with Gasteiger partial charge in [-0.1, -0.05) is 6.92 Å². The number of rotatable bonds is 5. The normalized spacial score (nSPS) is 12.9. The third-order valence-electron chi connectivity index (χ3n) is 2.82. The summed E-state index contributed by atoms with van der Waals surface area (Å²) in [5.74, 6) is 0. The summed E-state index contributed by atoms with van der Waals surface area (Å²) in [4.78, 5) is 1.37. The molecular weight excluding hydrogens is 296 g/mol. The molecule has 0 aliphatic rings. The Labute approximate surface area is 115 Å². The van der Waals surface area contributed by atoms with Gasteiger partial charge in [0.25, 0.3) is 0 Å². The van der Waals surface area contributed by atoms with Gasteiger partial charge in [0.15, 0.2) is 0 Å². The third kappa shape index (κ3) is 3.00. The van der Waals surface area contributed by atoms with Crippen LogP contribution in [-0.2, 0) is 6.54 Å². The van der Waals surface area contributed by atoms with E-state index in [-0.39, 0.29) is 0 Å². The molecule has 0 amide bonds. The van der Waals surface area contributed by atoms with Crippen molar-refractivity contribution < 1.29 is 0 Å². The van der Waals surface area contributed by atoms with Gasteiger partial charge in [0, 0.05) is 27.3 Å². The van der Waals surface area contributed by atoms with Crippen LogP contribution in [0.4, 0.5) is 0 Å². The van der Waals surface area contributed by atoms with E-state index in [9.17, 15) is 0 Å². The van der Waals surface area contributed by atoms with Crippen molar-refractivity contribution in [3.8, 4) is 0 Å². The summed E-state index contributed by atoms with van der Waals surface area (Å²) in [6, 6.07) is 6.81. The lowest BCUT2D eigenvalue weighted by molar-refractivity contribution is 0.554. The number of aromatic nitrogens is 1. The largest absolute Gasteiger partial charge is 0.345 e. The number of hydrogen-bond acceptors (Lipinski definition) is 2. The van der Waals surface area contributed by atoms with Gasteiger partial charge < -0.3 is 9.88 Å². The van der Waals surface area contributed by atoms with Crippen LogP contribution in [0.1, 0.15) is 30.5 Å². The van der Waals surface area contributed by atoms with E-state index in [1.807, 2.05) is 0 Å². The topological polar surface area (TPSA) is 17.0 Å². The highest BCUT2D eigenvalue weighted by atomic mass is 79.9. The summed E-state index contributed by atoms with van der Waals surface area (Å²) in [6.45, 7) is 6.28. The fourth-order valence-corrected chi connectivity index (χ4v) is 3.44. The van der Waals surface area contributed by atoms with Gasteiger partial charge in [-0.2, -0.15) is 0 Å². The minimum atomic E-state index is 0.397. The van der Waals surface area contributed by atoms with Crippen LogP contribution in [0.5, 0.6) is 0 Å². The Bertz CT molecular complexity index is 475. The molecule has 1 unspecified atom stereocenters. The van der Waals surface area contributed by atoms with E-state index < -0.39 is 0 Å². The molecule has 0 radical (unpaired) electrons. The van der Waals surface area contributed by atoms with Crippen LogP contribution in [0.15, 0.2) is 34.2 Å². The summed E-state index contributed by atoms with van der Waals surface area (Å²) in [5, 5.41) is 5.57. The minimum absolute atomic E-state index is 0.397. The van der Waals surface area contributed by atoms with Gasteiger partial charge in [-0.3, -0.25) is 0 Å². The maximum atomic E-state index is 3.59. The molecule has 17 heavy (non-hydrogen) atoms. The molecule has 1 N–H and O–H groups in total. The average molecular weight is 313 g/mol. The fraction of sp³-hybridized carbons (Fsp3) is 0.385. The van der Waals surface area contributed by atoms with E-state index in [1.54, 1.807) is 11.3 Å². The first kappa shape index (κ1) is 12.9. The molecule has 2 aromatic rings. The van der Waals surface area contributed by atoms with Gasteiger partial charge in [0.1, 0.15) is 0 Å². The van der Waals surface area contributed by atoms with Crippen molar-refractivity contribution in [2.45, 2.75) is 26.4 Å². The van der Waals surface area contributed by atoms with Gasteiger partial charge in [0.05, 0.1) is 6.54 Å². The van der Waals surface area contributed by atoms with Crippen molar-refractivity contribution in [1.82, 2.24) is 9.88 Å². The van der Waals surface area contributed by atoms with Crippen molar-refractivity contribution in [2.75, 3.05) is 6.54 Å². The summed E-state index contributed by atoms with van der Waals surface area (Å²) >= 11 is 5.38. The molecule has 0 aromatic carbocycles. The van der Waals surface area contributed by atoms with Gasteiger partial charge in [0.2, 0.25) is 0 Å². The predicted molar refractivity (Wildman–Crippen MR) is 77.6 cm³/mol. The number of halogens is 1. The predicted octanol–water partition coefficient (Wildman–Crippen LogP) is 4.03. The molecule has 0 aliphatic heterocycles. The van der Waals surface area contributed by atoms with Crippen LogP contribution < -0.4 is 5.32 Å². The van der Waals surface area contributed by atoms with Crippen LogP contribution in [0.25, 0.3) is 0 Å². The molecule has 0 spiro atoms. The quantitative estimate of drug-likeness (QED) is 0.882. The Kier molecular flexibility index (Phi) is 4.42. The van der Waals surface area contributed by atoms with E-state index in [0.717, 1.165) is 13.1 Å². The molecule has 92 valence electrons. The first-order valence-electron chi connectivity index (χ1n) is 5.82. The Balaban J connectivity index is 2.17. The average Bonchev–Trinajstić information content (AvgIpc) is 2.90. The highest BCUT2D eigenvalue weighted by Crippen LogP contribution is 2.25. The second-order valence-electron chi connectivity index (χ2n) is 4.03. The molecule has 2 aromatic heterocycles. The lowest BCUT2D eigenvalue weighted by Crippen LogP contribution is -2.20. The third-order valence-corrected chi connectivity index (χ3v) is 4.73. The minimum Gasteiger partial charge on any atom is -0.345 e. The summed E-state index contributed by atoms with van der Waals surface area (Å²) in [5.41, 5.74) is 1.34. The van der Waals surface area contributed by atoms with Crippen LogP contribution in [0.3, 0.4) is 0 Å². The maximum Gasteiger partial charge on any atom is 0.0578 e. The zero-order chi connectivity index (χ0) is 12.3. The molecule has 0 saturated carbocycles.